The average Bonchev–Trinajstić information content (AvgIpc) is 2.52. The Morgan fingerprint density at radius 3 is 2.71 bits per heavy atom. The lowest BCUT2D eigenvalue weighted by atomic mass is 10.1. The smallest absolute Gasteiger partial charge is 0.279 e. The highest BCUT2D eigenvalue weighted by Crippen LogP contribution is 2.21. The van der Waals surface area contributed by atoms with Gasteiger partial charge < -0.3 is 15.0 Å². The molecule has 128 valence electrons. The molecule has 4 nitrogen and oxygen atoms in total. The third-order valence-electron chi connectivity index (χ3n) is 4.08. The molecular weight excluding hydrogens is 324 g/mol. The fraction of sp³-hybridized carbons (Fsp3) is 0.316. The van der Waals surface area contributed by atoms with Crippen molar-refractivity contribution in [2.45, 2.75) is 20.4 Å². The van der Waals surface area contributed by atoms with Gasteiger partial charge in [-0.15, -0.1) is 0 Å². The SMILES string of the molecule is COc1ccc(Cl)cc1C[NH+](C)CC(=O)Nc1cccc(C)c1C. The van der Waals surface area contributed by atoms with Gasteiger partial charge in [0.15, 0.2) is 6.54 Å². The summed E-state index contributed by atoms with van der Waals surface area (Å²) in [7, 11) is 3.61. The summed E-state index contributed by atoms with van der Waals surface area (Å²) >= 11 is 6.06. The number of carbonyl (C=O) groups excluding carboxylic acids is 1. The van der Waals surface area contributed by atoms with Crippen molar-refractivity contribution in [3.05, 3.63) is 58.1 Å². The van der Waals surface area contributed by atoms with Crippen molar-refractivity contribution in [2.24, 2.45) is 0 Å². The van der Waals surface area contributed by atoms with Gasteiger partial charge in [0.25, 0.3) is 5.91 Å². The quantitative estimate of drug-likeness (QED) is 0.843. The molecule has 0 saturated carbocycles. The fourth-order valence-electron chi connectivity index (χ4n) is 2.63. The molecule has 0 radical (unpaired) electrons. The molecular formula is C19H24ClN2O2+. The molecule has 2 N–H and O–H groups in total. The zero-order chi connectivity index (χ0) is 17.7. The van der Waals surface area contributed by atoms with Crippen LogP contribution in [-0.4, -0.2) is 26.6 Å². The molecule has 1 unspecified atom stereocenters. The van der Waals surface area contributed by atoms with E-state index in [-0.39, 0.29) is 5.91 Å². The van der Waals surface area contributed by atoms with Crippen LogP contribution < -0.4 is 15.0 Å². The van der Waals surface area contributed by atoms with E-state index in [4.69, 9.17) is 16.3 Å². The van der Waals surface area contributed by atoms with Crippen LogP contribution in [0.4, 0.5) is 5.69 Å². The lowest BCUT2D eigenvalue weighted by Crippen LogP contribution is -3.08. The lowest BCUT2D eigenvalue weighted by molar-refractivity contribution is -0.885. The number of benzene rings is 2. The third-order valence-corrected chi connectivity index (χ3v) is 4.31. The molecule has 0 aliphatic heterocycles. The average molecular weight is 348 g/mol. The first-order valence-corrected chi connectivity index (χ1v) is 8.28. The maximum absolute atomic E-state index is 12.3. The lowest BCUT2D eigenvalue weighted by Gasteiger charge is -2.17. The Bertz CT molecular complexity index is 731. The van der Waals surface area contributed by atoms with E-state index in [2.05, 4.69) is 5.32 Å². The second-order valence-corrected chi connectivity index (χ2v) is 6.50. The molecule has 0 aliphatic rings. The summed E-state index contributed by atoms with van der Waals surface area (Å²) in [6, 6.07) is 11.4. The summed E-state index contributed by atoms with van der Waals surface area (Å²) < 4.78 is 5.36. The van der Waals surface area contributed by atoms with Crippen molar-refractivity contribution in [3.8, 4) is 5.75 Å². The van der Waals surface area contributed by atoms with E-state index < -0.39 is 0 Å². The standard InChI is InChI=1S/C19H23ClN2O2/c1-13-6-5-7-17(14(13)2)21-19(23)12-22(3)11-15-10-16(20)8-9-18(15)24-4/h5-10H,11-12H2,1-4H3,(H,21,23)/p+1. The number of aryl methyl sites for hydroxylation is 1. The number of ether oxygens (including phenoxy) is 1. The van der Waals surface area contributed by atoms with E-state index in [1.54, 1.807) is 13.2 Å². The Morgan fingerprint density at radius 1 is 1.25 bits per heavy atom. The van der Waals surface area contributed by atoms with Gasteiger partial charge in [-0.3, -0.25) is 4.79 Å². The maximum Gasteiger partial charge on any atom is 0.279 e. The zero-order valence-corrected chi connectivity index (χ0v) is 15.3. The third kappa shape index (κ3) is 4.73. The Morgan fingerprint density at radius 2 is 2.00 bits per heavy atom. The molecule has 2 aromatic carbocycles. The van der Waals surface area contributed by atoms with Crippen LogP contribution in [0.5, 0.6) is 5.75 Å². The number of hydrogen-bond donors (Lipinski definition) is 2. The number of likely N-dealkylation sites (N-methyl/N-ethyl adjacent to an activating group) is 1. The molecule has 0 aromatic heterocycles. The first-order valence-electron chi connectivity index (χ1n) is 7.90. The fourth-order valence-corrected chi connectivity index (χ4v) is 2.82. The summed E-state index contributed by atoms with van der Waals surface area (Å²) in [6.45, 7) is 5.07. The van der Waals surface area contributed by atoms with Crippen LogP contribution in [0.25, 0.3) is 0 Å². The maximum atomic E-state index is 12.3. The highest BCUT2D eigenvalue weighted by Gasteiger charge is 2.15. The summed E-state index contributed by atoms with van der Waals surface area (Å²) in [4.78, 5) is 13.4. The second kappa shape index (κ2) is 8.18. The van der Waals surface area contributed by atoms with Gasteiger partial charge in [-0.05, 0) is 49.2 Å². The molecule has 24 heavy (non-hydrogen) atoms. The van der Waals surface area contributed by atoms with Crippen LogP contribution in [-0.2, 0) is 11.3 Å². The Labute approximate surface area is 148 Å². The van der Waals surface area contributed by atoms with Crippen molar-refractivity contribution < 1.29 is 14.4 Å². The number of methoxy groups -OCH3 is 1. The predicted octanol–water partition coefficient (Wildman–Crippen LogP) is 2.62. The molecule has 0 aliphatic carbocycles. The molecule has 0 spiro atoms. The second-order valence-electron chi connectivity index (χ2n) is 6.06. The predicted molar refractivity (Wildman–Crippen MR) is 98.0 cm³/mol. The zero-order valence-electron chi connectivity index (χ0n) is 14.6. The van der Waals surface area contributed by atoms with E-state index in [1.165, 1.54) is 0 Å². The molecule has 0 fully saturated rings. The number of carbonyl (C=O) groups is 1. The van der Waals surface area contributed by atoms with Crippen molar-refractivity contribution in [3.63, 3.8) is 0 Å². The number of amides is 1. The number of quaternary nitrogens is 1. The van der Waals surface area contributed by atoms with Crippen LogP contribution in [0, 0.1) is 13.8 Å². The van der Waals surface area contributed by atoms with E-state index in [9.17, 15) is 4.79 Å². The van der Waals surface area contributed by atoms with Gasteiger partial charge in [-0.1, -0.05) is 23.7 Å². The van der Waals surface area contributed by atoms with Crippen molar-refractivity contribution >= 4 is 23.2 Å². The summed E-state index contributed by atoms with van der Waals surface area (Å²) in [5.41, 5.74) is 4.12. The Balaban J connectivity index is 1.99. The number of rotatable bonds is 6. The minimum absolute atomic E-state index is 0.0119. The monoisotopic (exact) mass is 347 g/mol. The largest absolute Gasteiger partial charge is 0.496 e. The minimum Gasteiger partial charge on any atom is -0.496 e. The number of anilines is 1. The van der Waals surface area contributed by atoms with Crippen LogP contribution in [0.2, 0.25) is 5.02 Å². The molecule has 2 rings (SSSR count). The molecule has 1 atom stereocenters. The molecule has 5 heteroatoms. The van der Waals surface area contributed by atoms with E-state index in [1.807, 2.05) is 51.2 Å². The Kier molecular flexibility index (Phi) is 6.23. The van der Waals surface area contributed by atoms with Gasteiger partial charge >= 0.3 is 0 Å². The minimum atomic E-state index is -0.0119. The van der Waals surface area contributed by atoms with Crippen LogP contribution in [0.3, 0.4) is 0 Å². The number of hydrogen-bond acceptors (Lipinski definition) is 2. The van der Waals surface area contributed by atoms with Gasteiger partial charge in [0.05, 0.1) is 14.2 Å². The van der Waals surface area contributed by atoms with Gasteiger partial charge in [-0.2, -0.15) is 0 Å². The van der Waals surface area contributed by atoms with Gasteiger partial charge in [-0.25, -0.2) is 0 Å². The molecule has 0 heterocycles. The first-order chi connectivity index (χ1) is 11.4. The van der Waals surface area contributed by atoms with E-state index in [0.29, 0.717) is 18.1 Å². The summed E-state index contributed by atoms with van der Waals surface area (Å²) in [5.74, 6) is 0.774. The molecule has 0 saturated heterocycles. The van der Waals surface area contributed by atoms with Crippen molar-refractivity contribution in [1.29, 1.82) is 0 Å². The van der Waals surface area contributed by atoms with Crippen LogP contribution >= 0.6 is 11.6 Å². The van der Waals surface area contributed by atoms with Gasteiger partial charge in [0, 0.05) is 16.3 Å². The normalized spacial score (nSPS) is 11.9. The van der Waals surface area contributed by atoms with Gasteiger partial charge in [0.1, 0.15) is 12.3 Å². The number of nitrogens with one attached hydrogen (secondary N) is 2. The number of halogens is 1. The highest BCUT2D eigenvalue weighted by atomic mass is 35.5. The summed E-state index contributed by atoms with van der Waals surface area (Å²) in [6.07, 6.45) is 0. The van der Waals surface area contributed by atoms with E-state index in [0.717, 1.165) is 33.0 Å². The topological polar surface area (TPSA) is 42.8 Å². The van der Waals surface area contributed by atoms with E-state index >= 15 is 0 Å². The molecule has 0 bridgehead atoms. The van der Waals surface area contributed by atoms with Crippen molar-refractivity contribution in [1.82, 2.24) is 0 Å². The summed E-state index contributed by atoms with van der Waals surface area (Å²) in [5, 5.41) is 3.66. The molecule has 1 amide bonds. The van der Waals surface area contributed by atoms with Crippen LogP contribution in [0.1, 0.15) is 16.7 Å². The Hall–Kier alpha value is -2.04. The van der Waals surface area contributed by atoms with Crippen molar-refractivity contribution in [2.75, 3.05) is 26.0 Å². The van der Waals surface area contributed by atoms with Crippen LogP contribution in [0.15, 0.2) is 36.4 Å². The first kappa shape index (κ1) is 18.3. The molecule has 2 aromatic rings. The van der Waals surface area contributed by atoms with Gasteiger partial charge in [0.2, 0.25) is 0 Å². The highest BCUT2D eigenvalue weighted by molar-refractivity contribution is 6.30.